The van der Waals surface area contributed by atoms with Gasteiger partial charge in [-0.3, -0.25) is 4.40 Å². The highest BCUT2D eigenvalue weighted by Crippen LogP contribution is 2.56. The quantitative estimate of drug-likeness (QED) is 0.508. The van der Waals surface area contributed by atoms with Crippen LogP contribution in [0.15, 0.2) is 35.6 Å². The molecular weight excluding hydrogens is 493 g/mol. The zero-order valence-corrected chi connectivity index (χ0v) is 19.2. The van der Waals surface area contributed by atoms with E-state index in [4.69, 9.17) is 10.5 Å². The Morgan fingerprint density at radius 1 is 1.29 bits per heavy atom. The third kappa shape index (κ3) is 3.70. The maximum Gasteiger partial charge on any atom is 0.492 e. The number of anilines is 1. The molecule has 1 aromatic carbocycles. The lowest BCUT2D eigenvalue weighted by molar-refractivity contribution is -0.238. The Hall–Kier alpha value is -3.30. The van der Waals surface area contributed by atoms with E-state index in [0.29, 0.717) is 16.8 Å². The van der Waals surface area contributed by atoms with Gasteiger partial charge >= 0.3 is 12.1 Å². The first kappa shape index (κ1) is 23.4. The van der Waals surface area contributed by atoms with Gasteiger partial charge in [-0.05, 0) is 36.0 Å². The second kappa shape index (κ2) is 7.35. The number of nitrogens with two attached hydrogens (primary N) is 1. The number of sulfonamides is 1. The molecule has 2 bridgehead atoms. The van der Waals surface area contributed by atoms with Crippen LogP contribution >= 0.6 is 0 Å². The molecule has 11 nitrogen and oxygen atoms in total. The molecule has 3 aliphatic rings. The van der Waals surface area contributed by atoms with Gasteiger partial charge in [-0.15, -0.1) is 0 Å². The summed E-state index contributed by atoms with van der Waals surface area (Å²) in [4.78, 5) is 28.0. The summed E-state index contributed by atoms with van der Waals surface area (Å²) in [6.45, 7) is 3.20. The van der Waals surface area contributed by atoms with Gasteiger partial charge in [-0.1, -0.05) is 6.07 Å². The van der Waals surface area contributed by atoms with Gasteiger partial charge in [0.25, 0.3) is 10.0 Å². The number of carbonyl (C=O) groups excluding carboxylic acids is 1. The number of benzene rings is 1. The lowest BCUT2D eigenvalue weighted by atomic mass is 9.70. The summed E-state index contributed by atoms with van der Waals surface area (Å²) in [6, 6.07) is 3.93. The van der Waals surface area contributed by atoms with Crippen LogP contribution in [0.3, 0.4) is 0 Å². The lowest BCUT2D eigenvalue weighted by Crippen LogP contribution is -2.61. The van der Waals surface area contributed by atoms with Crippen LogP contribution in [0.25, 0.3) is 17.0 Å². The number of alkyl halides is 3. The first-order valence-corrected chi connectivity index (χ1v) is 11.7. The van der Waals surface area contributed by atoms with E-state index in [0.717, 1.165) is 0 Å². The molecule has 0 atom stereocenters. The van der Waals surface area contributed by atoms with Crippen molar-refractivity contribution in [3.8, 4) is 11.3 Å². The Bertz CT molecular complexity index is 1470. The van der Waals surface area contributed by atoms with Gasteiger partial charge in [0.15, 0.2) is 0 Å². The number of halogens is 3. The molecule has 1 aliphatic carbocycles. The van der Waals surface area contributed by atoms with Crippen molar-refractivity contribution in [2.24, 2.45) is 0 Å². The van der Waals surface area contributed by atoms with Crippen molar-refractivity contribution in [3.63, 3.8) is 0 Å². The second-order valence-electron chi connectivity index (χ2n) is 8.93. The van der Waals surface area contributed by atoms with Crippen LogP contribution in [0.4, 0.5) is 19.1 Å². The lowest BCUT2D eigenvalue weighted by Gasteiger charge is -2.46. The number of hydroxylamine groups is 1. The largest absolute Gasteiger partial charge is 0.492 e. The normalized spacial score (nSPS) is 24.1. The number of nitrogen functional groups attached to an aromatic ring is 1. The van der Waals surface area contributed by atoms with Crippen molar-refractivity contribution in [3.05, 3.63) is 36.3 Å². The van der Waals surface area contributed by atoms with Crippen LogP contribution in [0, 0.1) is 6.92 Å². The zero-order valence-electron chi connectivity index (χ0n) is 18.4. The van der Waals surface area contributed by atoms with E-state index in [1.54, 1.807) is 13.8 Å². The molecule has 2 aliphatic heterocycles. The van der Waals surface area contributed by atoms with E-state index in [9.17, 15) is 26.4 Å². The molecule has 0 amide bonds. The summed E-state index contributed by atoms with van der Waals surface area (Å²) in [6.07, 6.45) is -2.52. The van der Waals surface area contributed by atoms with Gasteiger partial charge < -0.3 is 15.3 Å². The molecular formula is C20H19F3N6O5S. The highest BCUT2D eigenvalue weighted by atomic mass is 32.2. The second-order valence-corrected chi connectivity index (χ2v) is 10.7. The van der Waals surface area contributed by atoms with Crippen molar-refractivity contribution in [2.45, 2.75) is 48.9 Å². The van der Waals surface area contributed by atoms with Gasteiger partial charge in [-0.25, -0.2) is 28.2 Å². The number of nitrogens with zero attached hydrogens (tertiary/aromatic N) is 5. The molecule has 6 rings (SSSR count). The molecule has 2 N–H and O–H groups in total. The topological polar surface area (TPSA) is 142 Å². The summed E-state index contributed by atoms with van der Waals surface area (Å²) in [7, 11) is -4.75. The number of hydrogen-bond donors (Lipinski definition) is 1. The van der Waals surface area contributed by atoms with Gasteiger partial charge in [0.2, 0.25) is 11.7 Å². The van der Waals surface area contributed by atoms with Crippen molar-refractivity contribution in [1.29, 1.82) is 0 Å². The van der Waals surface area contributed by atoms with Crippen LogP contribution in [-0.4, -0.2) is 62.1 Å². The molecule has 3 aromatic rings. The molecule has 2 saturated heterocycles. The van der Waals surface area contributed by atoms with E-state index in [1.807, 2.05) is 0 Å². The smallest absolute Gasteiger partial charge is 0.373 e. The first-order chi connectivity index (χ1) is 16.2. The summed E-state index contributed by atoms with van der Waals surface area (Å²) in [5.41, 5.74) is 4.97. The maximum atomic E-state index is 13.6. The average molecular weight is 512 g/mol. The predicted octanol–water partition coefficient (Wildman–Crippen LogP) is 2.01. The van der Waals surface area contributed by atoms with E-state index < -0.39 is 33.3 Å². The van der Waals surface area contributed by atoms with Crippen LogP contribution in [-0.2, 0) is 24.4 Å². The fourth-order valence-corrected chi connectivity index (χ4v) is 6.21. The molecule has 1 saturated carbocycles. The monoisotopic (exact) mass is 512 g/mol. The first-order valence-electron chi connectivity index (χ1n) is 10.3. The Morgan fingerprint density at radius 2 is 2.00 bits per heavy atom. The summed E-state index contributed by atoms with van der Waals surface area (Å²) in [5, 5.41) is 0. The zero-order chi connectivity index (χ0) is 25.4. The number of fused-ring (bicyclic) bond motifs is 2. The van der Waals surface area contributed by atoms with E-state index >= 15 is 0 Å². The third-order valence-corrected chi connectivity index (χ3v) is 7.93. The Balaban J connectivity index is 1.58. The SMILES string of the molecule is Cc1ccc(S(=O)(=O)N(OC(=O)C(F)(F)F)C23COC(C)(C2)C3)cc1-c1cn2c(N)ncnc2n1. The summed E-state index contributed by atoms with van der Waals surface area (Å²) < 4.78 is 73.3. The van der Waals surface area contributed by atoms with Gasteiger partial charge in [0.1, 0.15) is 11.9 Å². The molecule has 0 spiro atoms. The highest BCUT2D eigenvalue weighted by Gasteiger charge is 2.67. The van der Waals surface area contributed by atoms with E-state index in [-0.39, 0.29) is 40.5 Å². The van der Waals surface area contributed by atoms with E-state index in [2.05, 4.69) is 19.8 Å². The Morgan fingerprint density at radius 3 is 2.60 bits per heavy atom. The number of ether oxygens (including phenoxy) is 1. The molecule has 0 unspecified atom stereocenters. The van der Waals surface area contributed by atoms with Crippen molar-refractivity contribution in [1.82, 2.24) is 23.8 Å². The number of carbonyl (C=O) groups is 1. The molecule has 15 heteroatoms. The van der Waals surface area contributed by atoms with Gasteiger partial charge in [0.05, 0.1) is 22.8 Å². The fourth-order valence-electron chi connectivity index (χ4n) is 4.66. The molecule has 2 aromatic heterocycles. The minimum atomic E-state index is -5.40. The number of aromatic nitrogens is 4. The predicted molar refractivity (Wildman–Crippen MR) is 113 cm³/mol. The third-order valence-electron chi connectivity index (χ3n) is 6.18. The Labute approximate surface area is 196 Å². The maximum absolute atomic E-state index is 13.6. The molecule has 3 fully saturated rings. The summed E-state index contributed by atoms with van der Waals surface area (Å²) >= 11 is 0. The van der Waals surface area contributed by atoms with Crippen molar-refractivity contribution in [2.75, 3.05) is 12.3 Å². The van der Waals surface area contributed by atoms with E-state index in [1.165, 1.54) is 35.1 Å². The van der Waals surface area contributed by atoms with Gasteiger partial charge in [-0.2, -0.15) is 13.2 Å². The minimum Gasteiger partial charge on any atom is -0.373 e. The van der Waals surface area contributed by atoms with Crippen molar-refractivity contribution < 1.29 is 36.0 Å². The standard InChI is InChI=1S/C20H19F3N6O5S/c1-11-3-4-12(5-13(11)14-6-28-16(24)25-10-26-17(28)27-14)35(31,32)29(34-15(30)20(21,22)23)19-7-18(2,8-19)33-9-19/h3-6,10H,7-9H2,1-2H3,(H2,24,25,26,27). The molecule has 0 radical (unpaired) electrons. The van der Waals surface area contributed by atoms with Crippen LogP contribution in [0.2, 0.25) is 0 Å². The van der Waals surface area contributed by atoms with Gasteiger partial charge in [0, 0.05) is 24.6 Å². The number of rotatable bonds is 5. The molecule has 186 valence electrons. The average Bonchev–Trinajstić information content (AvgIpc) is 3.42. The van der Waals surface area contributed by atoms with Crippen LogP contribution in [0.1, 0.15) is 25.3 Å². The number of imidazole rings is 1. The number of aryl methyl sites for hydroxylation is 1. The van der Waals surface area contributed by atoms with Crippen LogP contribution < -0.4 is 5.73 Å². The van der Waals surface area contributed by atoms with Crippen LogP contribution in [0.5, 0.6) is 0 Å². The molecule has 4 heterocycles. The summed E-state index contributed by atoms with van der Waals surface area (Å²) in [5.74, 6) is -2.32. The highest BCUT2D eigenvalue weighted by molar-refractivity contribution is 7.89. The minimum absolute atomic E-state index is 0.0769. The molecule has 35 heavy (non-hydrogen) atoms. The Kier molecular flexibility index (Phi) is 4.92. The van der Waals surface area contributed by atoms with Crippen molar-refractivity contribution >= 4 is 27.7 Å². The fraction of sp³-hybridized carbons (Fsp3) is 0.400. The number of hydrogen-bond acceptors (Lipinski definition) is 9.